The molecule has 0 amide bonds. The molecular formula is C16H15Cl2N3. The van der Waals surface area contributed by atoms with E-state index in [2.05, 4.69) is 18.4 Å². The lowest BCUT2D eigenvalue weighted by molar-refractivity contribution is 0.624. The minimum atomic E-state index is 0.224. The molecule has 1 aromatic heterocycles. The molecule has 0 unspecified atom stereocenters. The fourth-order valence-corrected chi connectivity index (χ4v) is 2.85. The van der Waals surface area contributed by atoms with Crippen molar-refractivity contribution in [3.05, 3.63) is 46.4 Å². The molecule has 2 aromatic carbocycles. The second-order valence-electron chi connectivity index (χ2n) is 5.23. The molecule has 0 fully saturated rings. The average molecular weight is 320 g/mol. The maximum Gasteiger partial charge on any atom is 0.143 e. The summed E-state index contributed by atoms with van der Waals surface area (Å²) in [5.74, 6) is 0.808. The van der Waals surface area contributed by atoms with Crippen LogP contribution in [0.3, 0.4) is 0 Å². The van der Waals surface area contributed by atoms with Gasteiger partial charge in [0.05, 0.1) is 21.7 Å². The van der Waals surface area contributed by atoms with Crippen LogP contribution in [0.2, 0.25) is 10.0 Å². The van der Waals surface area contributed by atoms with Gasteiger partial charge in [0.2, 0.25) is 0 Å². The number of imidazole rings is 1. The molecule has 0 radical (unpaired) electrons. The summed E-state index contributed by atoms with van der Waals surface area (Å²) >= 11 is 12.3. The number of anilines is 1. The van der Waals surface area contributed by atoms with E-state index in [-0.39, 0.29) is 6.04 Å². The molecule has 0 saturated heterocycles. The summed E-state index contributed by atoms with van der Waals surface area (Å²) < 4.78 is 2.13. The fraction of sp³-hybridized carbons (Fsp3) is 0.188. The smallest absolute Gasteiger partial charge is 0.143 e. The molecule has 3 nitrogen and oxygen atoms in total. The highest BCUT2D eigenvalue weighted by molar-refractivity contribution is 6.33. The third-order valence-corrected chi connectivity index (χ3v) is 4.03. The minimum Gasteiger partial charge on any atom is -0.397 e. The second-order valence-corrected chi connectivity index (χ2v) is 6.08. The summed E-state index contributed by atoms with van der Waals surface area (Å²) in [6, 6.07) is 11.5. The Morgan fingerprint density at radius 2 is 1.90 bits per heavy atom. The molecule has 0 saturated carbocycles. The third kappa shape index (κ3) is 2.37. The SMILES string of the molecule is CC(C)n1c(-c2cccc(Cl)c2N)nc2ccc(Cl)cc21. The summed E-state index contributed by atoms with van der Waals surface area (Å²) in [6.45, 7) is 4.21. The standard InChI is InChI=1S/C16H15Cl2N3/c1-9(2)21-14-8-10(17)6-7-13(14)20-16(21)11-4-3-5-12(18)15(11)19/h3-9H,19H2,1-2H3. The van der Waals surface area contributed by atoms with Crippen LogP contribution in [-0.4, -0.2) is 9.55 Å². The first-order valence-electron chi connectivity index (χ1n) is 6.71. The van der Waals surface area contributed by atoms with E-state index in [4.69, 9.17) is 33.9 Å². The third-order valence-electron chi connectivity index (χ3n) is 3.46. The largest absolute Gasteiger partial charge is 0.397 e. The van der Waals surface area contributed by atoms with Crippen LogP contribution in [0.25, 0.3) is 22.4 Å². The van der Waals surface area contributed by atoms with Gasteiger partial charge in [0.15, 0.2) is 0 Å². The number of nitrogen functional groups attached to an aromatic ring is 1. The zero-order valence-corrected chi connectivity index (χ0v) is 13.3. The van der Waals surface area contributed by atoms with Gasteiger partial charge in [-0.25, -0.2) is 4.98 Å². The number of benzene rings is 2. The van der Waals surface area contributed by atoms with Gasteiger partial charge in [-0.3, -0.25) is 0 Å². The van der Waals surface area contributed by atoms with E-state index in [1.165, 1.54) is 0 Å². The van der Waals surface area contributed by atoms with E-state index in [1.54, 1.807) is 6.07 Å². The van der Waals surface area contributed by atoms with Crippen molar-refractivity contribution in [1.82, 2.24) is 9.55 Å². The number of fused-ring (bicyclic) bond motifs is 1. The van der Waals surface area contributed by atoms with Crippen LogP contribution >= 0.6 is 23.2 Å². The summed E-state index contributed by atoms with van der Waals surface area (Å²) in [6.07, 6.45) is 0. The number of nitrogens with zero attached hydrogens (tertiary/aromatic N) is 2. The molecule has 108 valence electrons. The lowest BCUT2D eigenvalue weighted by atomic mass is 10.1. The van der Waals surface area contributed by atoms with Crippen molar-refractivity contribution in [2.75, 3.05) is 5.73 Å². The Morgan fingerprint density at radius 3 is 2.62 bits per heavy atom. The second kappa shape index (κ2) is 5.24. The maximum atomic E-state index is 6.14. The van der Waals surface area contributed by atoms with E-state index in [0.29, 0.717) is 15.7 Å². The Balaban J connectivity index is 2.37. The average Bonchev–Trinajstić information content (AvgIpc) is 2.80. The van der Waals surface area contributed by atoms with Gasteiger partial charge in [-0.1, -0.05) is 29.3 Å². The van der Waals surface area contributed by atoms with E-state index in [0.717, 1.165) is 22.4 Å². The van der Waals surface area contributed by atoms with Crippen molar-refractivity contribution in [3.8, 4) is 11.4 Å². The first-order valence-corrected chi connectivity index (χ1v) is 7.46. The highest BCUT2D eigenvalue weighted by Gasteiger charge is 2.17. The molecule has 21 heavy (non-hydrogen) atoms. The number of para-hydroxylation sites is 1. The zero-order valence-electron chi connectivity index (χ0n) is 11.8. The van der Waals surface area contributed by atoms with Crippen LogP contribution in [0, 0.1) is 0 Å². The van der Waals surface area contributed by atoms with E-state index in [9.17, 15) is 0 Å². The molecule has 3 aromatic rings. The van der Waals surface area contributed by atoms with Crippen molar-refractivity contribution >= 4 is 39.9 Å². The van der Waals surface area contributed by atoms with Crippen LogP contribution in [0.15, 0.2) is 36.4 Å². The maximum absolute atomic E-state index is 6.14. The Labute approximate surface area is 133 Å². The molecule has 3 rings (SSSR count). The zero-order chi connectivity index (χ0) is 15.1. The van der Waals surface area contributed by atoms with Crippen LogP contribution in [0.1, 0.15) is 19.9 Å². The van der Waals surface area contributed by atoms with Crippen molar-refractivity contribution in [2.45, 2.75) is 19.9 Å². The molecule has 0 aliphatic heterocycles. The lowest BCUT2D eigenvalue weighted by Gasteiger charge is -2.14. The monoisotopic (exact) mass is 319 g/mol. The number of nitrogens with two attached hydrogens (primary N) is 1. The molecule has 0 bridgehead atoms. The summed E-state index contributed by atoms with van der Waals surface area (Å²) in [5.41, 5.74) is 9.39. The number of halogens is 2. The van der Waals surface area contributed by atoms with Gasteiger partial charge in [0.1, 0.15) is 5.82 Å². The normalized spacial score (nSPS) is 11.5. The van der Waals surface area contributed by atoms with Gasteiger partial charge in [-0.2, -0.15) is 0 Å². The molecule has 1 heterocycles. The van der Waals surface area contributed by atoms with Gasteiger partial charge in [-0.05, 0) is 44.2 Å². The first-order chi connectivity index (χ1) is 9.99. The summed E-state index contributed by atoms with van der Waals surface area (Å²) in [4.78, 5) is 4.71. The lowest BCUT2D eigenvalue weighted by Crippen LogP contribution is -2.04. The summed E-state index contributed by atoms with van der Waals surface area (Å²) in [5, 5.41) is 1.22. The first kappa shape index (κ1) is 14.2. The Morgan fingerprint density at radius 1 is 1.14 bits per heavy atom. The number of hydrogen-bond donors (Lipinski definition) is 1. The number of aromatic nitrogens is 2. The molecule has 0 aliphatic rings. The highest BCUT2D eigenvalue weighted by atomic mass is 35.5. The van der Waals surface area contributed by atoms with Gasteiger partial charge in [-0.15, -0.1) is 0 Å². The molecule has 0 atom stereocenters. The van der Waals surface area contributed by atoms with Crippen molar-refractivity contribution in [3.63, 3.8) is 0 Å². The van der Waals surface area contributed by atoms with Gasteiger partial charge >= 0.3 is 0 Å². The predicted molar refractivity (Wildman–Crippen MR) is 90.0 cm³/mol. The predicted octanol–water partition coefficient (Wildman–Crippen LogP) is 5.17. The number of rotatable bonds is 2. The van der Waals surface area contributed by atoms with E-state index < -0.39 is 0 Å². The highest BCUT2D eigenvalue weighted by Crippen LogP contribution is 2.35. The van der Waals surface area contributed by atoms with Crippen molar-refractivity contribution in [2.24, 2.45) is 0 Å². The Bertz CT molecular complexity index is 822. The van der Waals surface area contributed by atoms with Gasteiger partial charge in [0, 0.05) is 16.6 Å². The summed E-state index contributed by atoms with van der Waals surface area (Å²) in [7, 11) is 0. The molecular weight excluding hydrogens is 305 g/mol. The van der Waals surface area contributed by atoms with Crippen LogP contribution in [0.4, 0.5) is 5.69 Å². The van der Waals surface area contributed by atoms with E-state index >= 15 is 0 Å². The van der Waals surface area contributed by atoms with Crippen molar-refractivity contribution < 1.29 is 0 Å². The van der Waals surface area contributed by atoms with Crippen LogP contribution in [0.5, 0.6) is 0 Å². The molecule has 5 heteroatoms. The topological polar surface area (TPSA) is 43.8 Å². The van der Waals surface area contributed by atoms with Gasteiger partial charge < -0.3 is 10.3 Å². The number of hydrogen-bond acceptors (Lipinski definition) is 2. The fourth-order valence-electron chi connectivity index (χ4n) is 2.51. The molecule has 2 N–H and O–H groups in total. The van der Waals surface area contributed by atoms with Crippen LogP contribution in [-0.2, 0) is 0 Å². The quantitative estimate of drug-likeness (QED) is 0.662. The van der Waals surface area contributed by atoms with Crippen molar-refractivity contribution in [1.29, 1.82) is 0 Å². The minimum absolute atomic E-state index is 0.224. The molecule has 0 spiro atoms. The Kier molecular flexibility index (Phi) is 3.56. The van der Waals surface area contributed by atoms with Gasteiger partial charge in [0.25, 0.3) is 0 Å². The Hall–Kier alpha value is -1.71. The van der Waals surface area contributed by atoms with E-state index in [1.807, 2.05) is 30.3 Å². The molecule has 0 aliphatic carbocycles. The van der Waals surface area contributed by atoms with Crippen LogP contribution < -0.4 is 5.73 Å².